The van der Waals surface area contributed by atoms with E-state index >= 15 is 0 Å². The van der Waals surface area contributed by atoms with Crippen molar-refractivity contribution < 1.29 is 23.9 Å². The molecule has 0 saturated heterocycles. The molecule has 0 radical (unpaired) electrons. The highest BCUT2D eigenvalue weighted by molar-refractivity contribution is 6.30. The molecule has 0 spiro atoms. The minimum Gasteiger partial charge on any atom is -0.484 e. The number of hydrazine groups is 1. The zero-order chi connectivity index (χ0) is 21.1. The van der Waals surface area contributed by atoms with E-state index in [0.717, 1.165) is 12.0 Å². The van der Waals surface area contributed by atoms with Gasteiger partial charge in [-0.15, -0.1) is 0 Å². The van der Waals surface area contributed by atoms with E-state index in [4.69, 9.17) is 21.1 Å². The van der Waals surface area contributed by atoms with E-state index < -0.39 is 17.8 Å². The van der Waals surface area contributed by atoms with Crippen LogP contribution in [0.25, 0.3) is 6.08 Å². The van der Waals surface area contributed by atoms with Crippen LogP contribution in [-0.4, -0.2) is 31.0 Å². The lowest BCUT2D eigenvalue weighted by Gasteiger charge is -2.08. The van der Waals surface area contributed by atoms with Crippen molar-refractivity contribution in [1.82, 2.24) is 10.9 Å². The van der Waals surface area contributed by atoms with Gasteiger partial charge in [0.2, 0.25) is 0 Å². The number of hydrogen-bond donors (Lipinski definition) is 2. The Morgan fingerprint density at radius 1 is 1.00 bits per heavy atom. The van der Waals surface area contributed by atoms with Gasteiger partial charge in [-0.2, -0.15) is 0 Å². The normalized spacial score (nSPS) is 10.4. The number of benzene rings is 2. The molecule has 2 aromatic rings. The van der Waals surface area contributed by atoms with Gasteiger partial charge in [-0.3, -0.25) is 20.4 Å². The Morgan fingerprint density at radius 3 is 2.34 bits per heavy atom. The molecule has 2 N–H and O–H groups in total. The Morgan fingerprint density at radius 2 is 1.69 bits per heavy atom. The first-order chi connectivity index (χ1) is 14.0. The van der Waals surface area contributed by atoms with Crippen LogP contribution >= 0.6 is 11.6 Å². The second-order valence-electron chi connectivity index (χ2n) is 5.87. The lowest BCUT2D eigenvalue weighted by Crippen LogP contribution is -2.43. The monoisotopic (exact) mass is 416 g/mol. The molecule has 2 rings (SSSR count). The molecular weight excluding hydrogens is 396 g/mol. The highest BCUT2D eigenvalue weighted by Gasteiger charge is 2.08. The first-order valence-corrected chi connectivity index (χ1v) is 9.28. The second-order valence-corrected chi connectivity index (χ2v) is 6.31. The van der Waals surface area contributed by atoms with Crippen molar-refractivity contribution in [2.75, 3.05) is 13.2 Å². The Balaban J connectivity index is 1.71. The van der Waals surface area contributed by atoms with Crippen LogP contribution in [0.4, 0.5) is 0 Å². The molecule has 0 saturated carbocycles. The number of hydrogen-bond acceptors (Lipinski definition) is 5. The number of halogens is 1. The molecule has 0 fully saturated rings. The van der Waals surface area contributed by atoms with E-state index in [1.807, 2.05) is 6.92 Å². The summed E-state index contributed by atoms with van der Waals surface area (Å²) in [6, 6.07) is 13.1. The number of rotatable bonds is 8. The summed E-state index contributed by atoms with van der Waals surface area (Å²) in [7, 11) is 0. The molecule has 152 valence electrons. The maximum Gasteiger partial charge on any atom is 0.338 e. The molecule has 2 amide bonds. The van der Waals surface area contributed by atoms with Crippen LogP contribution in [0.3, 0.4) is 0 Å². The number of esters is 1. The van der Waals surface area contributed by atoms with E-state index in [2.05, 4.69) is 10.9 Å². The number of ether oxygens (including phenoxy) is 2. The Hall–Kier alpha value is -3.32. The minimum absolute atomic E-state index is 0.305. The number of carbonyl (C=O) groups is 3. The molecule has 7 nitrogen and oxygen atoms in total. The molecule has 0 aromatic heterocycles. The van der Waals surface area contributed by atoms with Gasteiger partial charge in [-0.1, -0.05) is 30.7 Å². The van der Waals surface area contributed by atoms with Crippen molar-refractivity contribution in [2.24, 2.45) is 0 Å². The van der Waals surface area contributed by atoms with Crippen LogP contribution in [0, 0.1) is 0 Å². The van der Waals surface area contributed by atoms with E-state index in [0.29, 0.717) is 22.9 Å². The number of carbonyl (C=O) groups excluding carboxylic acids is 3. The molecule has 2 aromatic carbocycles. The van der Waals surface area contributed by atoms with Crippen LogP contribution in [0.15, 0.2) is 54.6 Å². The molecule has 8 heteroatoms. The van der Waals surface area contributed by atoms with Gasteiger partial charge in [0.25, 0.3) is 11.8 Å². The van der Waals surface area contributed by atoms with Crippen molar-refractivity contribution in [2.45, 2.75) is 13.3 Å². The molecule has 29 heavy (non-hydrogen) atoms. The van der Waals surface area contributed by atoms with Crippen LogP contribution in [0.5, 0.6) is 5.75 Å². The van der Waals surface area contributed by atoms with Gasteiger partial charge in [-0.25, -0.2) is 4.79 Å². The predicted octanol–water partition coefficient (Wildman–Crippen LogP) is 3.15. The van der Waals surface area contributed by atoms with Crippen LogP contribution in [0.1, 0.15) is 29.3 Å². The number of amides is 2. The van der Waals surface area contributed by atoms with Gasteiger partial charge in [-0.05, 0) is 54.5 Å². The van der Waals surface area contributed by atoms with Gasteiger partial charge >= 0.3 is 5.97 Å². The summed E-state index contributed by atoms with van der Waals surface area (Å²) < 4.78 is 10.3. The summed E-state index contributed by atoms with van der Waals surface area (Å²) in [5, 5.41) is 0.602. The minimum atomic E-state index is -0.537. The fourth-order valence-electron chi connectivity index (χ4n) is 2.07. The van der Waals surface area contributed by atoms with E-state index in [-0.39, 0.29) is 6.61 Å². The third-order valence-corrected chi connectivity index (χ3v) is 3.77. The van der Waals surface area contributed by atoms with Crippen LogP contribution in [-0.2, 0) is 14.3 Å². The highest BCUT2D eigenvalue weighted by atomic mass is 35.5. The lowest BCUT2D eigenvalue weighted by molar-refractivity contribution is -0.128. The first kappa shape index (κ1) is 22.0. The zero-order valence-corrected chi connectivity index (χ0v) is 16.6. The van der Waals surface area contributed by atoms with Crippen LogP contribution in [0.2, 0.25) is 5.02 Å². The summed E-state index contributed by atoms with van der Waals surface area (Å²) in [6.45, 7) is 1.96. The summed E-state index contributed by atoms with van der Waals surface area (Å²) in [6.07, 6.45) is 3.61. The van der Waals surface area contributed by atoms with Crippen molar-refractivity contribution in [3.05, 3.63) is 70.8 Å². The molecule has 0 atom stereocenters. The van der Waals surface area contributed by atoms with E-state index in [1.165, 1.54) is 6.08 Å². The van der Waals surface area contributed by atoms with Gasteiger partial charge in [0.15, 0.2) is 6.61 Å². The summed E-state index contributed by atoms with van der Waals surface area (Å²) in [5.74, 6) is -1.04. The lowest BCUT2D eigenvalue weighted by atomic mass is 10.2. The summed E-state index contributed by atoms with van der Waals surface area (Å²) in [4.78, 5) is 35.2. The van der Waals surface area contributed by atoms with E-state index in [9.17, 15) is 14.4 Å². The average Bonchev–Trinajstić information content (AvgIpc) is 2.74. The van der Waals surface area contributed by atoms with Crippen molar-refractivity contribution in [3.8, 4) is 5.75 Å². The molecular formula is C21H21ClN2O5. The summed E-state index contributed by atoms with van der Waals surface area (Å²) >= 11 is 5.79. The predicted molar refractivity (Wildman–Crippen MR) is 109 cm³/mol. The zero-order valence-electron chi connectivity index (χ0n) is 15.8. The maximum absolute atomic E-state index is 11.8. The fourth-order valence-corrected chi connectivity index (χ4v) is 2.20. The molecule has 0 aliphatic rings. The molecule has 0 unspecified atom stereocenters. The smallest absolute Gasteiger partial charge is 0.338 e. The topological polar surface area (TPSA) is 93.7 Å². The van der Waals surface area contributed by atoms with E-state index in [1.54, 1.807) is 54.6 Å². The van der Waals surface area contributed by atoms with Gasteiger partial charge in [0.05, 0.1) is 12.2 Å². The Labute approximate surface area is 173 Å². The van der Waals surface area contributed by atoms with Crippen molar-refractivity contribution in [3.63, 3.8) is 0 Å². The average molecular weight is 417 g/mol. The standard InChI is InChI=1S/C21H21ClN2O5/c1-2-13-28-21(27)16-6-10-18(11-7-16)29-14-20(26)24-23-19(25)12-5-15-3-8-17(22)9-4-15/h3-12H,2,13-14H2,1H3,(H,23,25)(H,24,26)/b12-5+. The molecule has 0 bridgehead atoms. The van der Waals surface area contributed by atoms with Gasteiger partial charge in [0.1, 0.15) is 5.75 Å². The van der Waals surface area contributed by atoms with Gasteiger partial charge in [0, 0.05) is 11.1 Å². The Kier molecular flexibility index (Phi) is 8.72. The SMILES string of the molecule is CCCOC(=O)c1ccc(OCC(=O)NNC(=O)/C=C/c2ccc(Cl)cc2)cc1. The molecule has 0 aliphatic carbocycles. The molecule has 0 heterocycles. The second kappa shape index (κ2) is 11.5. The molecule has 0 aliphatic heterocycles. The number of nitrogens with one attached hydrogen (secondary N) is 2. The summed E-state index contributed by atoms with van der Waals surface area (Å²) in [5.41, 5.74) is 5.68. The van der Waals surface area contributed by atoms with Crippen LogP contribution < -0.4 is 15.6 Å². The third-order valence-electron chi connectivity index (χ3n) is 3.52. The highest BCUT2D eigenvalue weighted by Crippen LogP contribution is 2.13. The van der Waals surface area contributed by atoms with Gasteiger partial charge < -0.3 is 9.47 Å². The third kappa shape index (κ3) is 8.06. The van der Waals surface area contributed by atoms with Crippen molar-refractivity contribution in [1.29, 1.82) is 0 Å². The Bertz CT molecular complexity index is 864. The largest absolute Gasteiger partial charge is 0.484 e. The first-order valence-electron chi connectivity index (χ1n) is 8.90. The quantitative estimate of drug-likeness (QED) is 0.391. The van der Waals surface area contributed by atoms with Crippen molar-refractivity contribution >= 4 is 35.5 Å². The fraction of sp³-hybridized carbons (Fsp3) is 0.190. The maximum atomic E-state index is 11.8.